The van der Waals surface area contributed by atoms with E-state index in [1.807, 2.05) is 43.3 Å². The molecule has 0 saturated heterocycles. The molecule has 0 radical (unpaired) electrons. The molecule has 1 aromatic carbocycles. The number of nitrogens with zero attached hydrogens (tertiary/aromatic N) is 2. The van der Waals surface area contributed by atoms with Crippen LogP contribution in [0.15, 0.2) is 67.3 Å². The Morgan fingerprint density at radius 2 is 1.62 bits per heavy atom. The van der Waals surface area contributed by atoms with Gasteiger partial charge in [0.2, 0.25) is 0 Å². The molecule has 130 valence electrons. The molecule has 0 unspecified atom stereocenters. The van der Waals surface area contributed by atoms with Gasteiger partial charge in [0.1, 0.15) is 0 Å². The SMILES string of the molecule is Cc1ccccc1NC(=O)c1cncc(C(=O)NCc2ccncc2)c1. The summed E-state index contributed by atoms with van der Waals surface area (Å²) in [4.78, 5) is 32.7. The third kappa shape index (κ3) is 4.30. The Morgan fingerprint density at radius 1 is 0.923 bits per heavy atom. The summed E-state index contributed by atoms with van der Waals surface area (Å²) in [5.41, 5.74) is 3.28. The lowest BCUT2D eigenvalue weighted by Gasteiger charge is -2.09. The van der Waals surface area contributed by atoms with Gasteiger partial charge in [-0.2, -0.15) is 0 Å². The molecule has 6 heteroatoms. The highest BCUT2D eigenvalue weighted by Gasteiger charge is 2.12. The number of pyridine rings is 2. The third-order valence-corrected chi connectivity index (χ3v) is 3.86. The number of amides is 2. The number of aryl methyl sites for hydroxylation is 1. The van der Waals surface area contributed by atoms with Gasteiger partial charge in [-0.3, -0.25) is 19.6 Å². The standard InChI is InChI=1S/C20H18N4O2/c1-14-4-2-3-5-18(14)24-20(26)17-10-16(12-22-13-17)19(25)23-11-15-6-8-21-9-7-15/h2-10,12-13H,11H2,1H3,(H,23,25)(H,24,26). The van der Waals surface area contributed by atoms with Gasteiger partial charge in [-0.25, -0.2) is 0 Å². The summed E-state index contributed by atoms with van der Waals surface area (Å²) < 4.78 is 0. The molecule has 0 fully saturated rings. The first-order valence-corrected chi connectivity index (χ1v) is 8.12. The molecular weight excluding hydrogens is 328 g/mol. The normalized spacial score (nSPS) is 10.2. The number of hydrogen-bond donors (Lipinski definition) is 2. The molecule has 2 heterocycles. The van der Waals surface area contributed by atoms with Crippen LogP contribution in [-0.2, 0) is 6.54 Å². The molecule has 0 aliphatic heterocycles. The van der Waals surface area contributed by atoms with Crippen molar-refractivity contribution in [3.05, 3.63) is 89.5 Å². The number of anilines is 1. The maximum Gasteiger partial charge on any atom is 0.257 e. The molecule has 2 N–H and O–H groups in total. The molecule has 26 heavy (non-hydrogen) atoms. The van der Waals surface area contributed by atoms with Crippen molar-refractivity contribution in [3.8, 4) is 0 Å². The second kappa shape index (κ2) is 8.02. The highest BCUT2D eigenvalue weighted by molar-refractivity contribution is 6.06. The van der Waals surface area contributed by atoms with E-state index in [0.29, 0.717) is 17.7 Å². The van der Waals surface area contributed by atoms with Crippen LogP contribution < -0.4 is 10.6 Å². The fourth-order valence-electron chi connectivity index (χ4n) is 2.38. The van der Waals surface area contributed by atoms with E-state index in [-0.39, 0.29) is 11.8 Å². The fourth-order valence-corrected chi connectivity index (χ4v) is 2.38. The molecule has 0 atom stereocenters. The highest BCUT2D eigenvalue weighted by atomic mass is 16.2. The summed E-state index contributed by atoms with van der Waals surface area (Å²) in [6.07, 6.45) is 6.21. The molecular formula is C20H18N4O2. The van der Waals surface area contributed by atoms with Crippen molar-refractivity contribution in [2.75, 3.05) is 5.32 Å². The van der Waals surface area contributed by atoms with E-state index < -0.39 is 0 Å². The molecule has 2 aromatic heterocycles. The van der Waals surface area contributed by atoms with Gasteiger partial charge in [-0.1, -0.05) is 18.2 Å². The summed E-state index contributed by atoms with van der Waals surface area (Å²) >= 11 is 0. The van der Waals surface area contributed by atoms with Crippen LogP contribution in [-0.4, -0.2) is 21.8 Å². The van der Waals surface area contributed by atoms with Crippen LogP contribution >= 0.6 is 0 Å². The number of nitrogens with one attached hydrogen (secondary N) is 2. The number of hydrogen-bond acceptors (Lipinski definition) is 4. The average Bonchev–Trinajstić information content (AvgIpc) is 2.69. The first-order chi connectivity index (χ1) is 12.6. The smallest absolute Gasteiger partial charge is 0.257 e. The molecule has 0 aliphatic rings. The Bertz CT molecular complexity index is 926. The largest absolute Gasteiger partial charge is 0.348 e. The lowest BCUT2D eigenvalue weighted by atomic mass is 10.1. The van der Waals surface area contributed by atoms with E-state index in [2.05, 4.69) is 20.6 Å². The number of carbonyl (C=O) groups is 2. The first-order valence-electron chi connectivity index (χ1n) is 8.12. The minimum absolute atomic E-state index is 0.292. The number of benzene rings is 1. The van der Waals surface area contributed by atoms with Crippen molar-refractivity contribution >= 4 is 17.5 Å². The van der Waals surface area contributed by atoms with Gasteiger partial charge < -0.3 is 10.6 Å². The molecule has 0 bridgehead atoms. The highest BCUT2D eigenvalue weighted by Crippen LogP contribution is 2.15. The van der Waals surface area contributed by atoms with Crippen molar-refractivity contribution < 1.29 is 9.59 Å². The molecule has 3 aromatic rings. The zero-order valence-corrected chi connectivity index (χ0v) is 14.3. The number of aromatic nitrogens is 2. The van der Waals surface area contributed by atoms with E-state index in [9.17, 15) is 9.59 Å². The molecule has 2 amide bonds. The van der Waals surface area contributed by atoms with Gasteiger partial charge >= 0.3 is 0 Å². The van der Waals surface area contributed by atoms with Crippen LogP contribution in [0.2, 0.25) is 0 Å². The lowest BCUT2D eigenvalue weighted by molar-refractivity contribution is 0.0950. The van der Waals surface area contributed by atoms with Gasteiger partial charge in [-0.15, -0.1) is 0 Å². The van der Waals surface area contributed by atoms with Gasteiger partial charge in [-0.05, 0) is 42.3 Å². The van der Waals surface area contributed by atoms with Gasteiger partial charge in [0.05, 0.1) is 11.1 Å². The topological polar surface area (TPSA) is 84.0 Å². The number of rotatable bonds is 5. The Kier molecular flexibility index (Phi) is 5.34. The summed E-state index contributed by atoms with van der Waals surface area (Å²) in [5.74, 6) is -0.601. The monoisotopic (exact) mass is 346 g/mol. The predicted octanol–water partition coefficient (Wildman–Crippen LogP) is 2.97. The summed E-state index contributed by atoms with van der Waals surface area (Å²) in [6, 6.07) is 12.7. The number of carbonyl (C=O) groups excluding carboxylic acids is 2. The summed E-state index contributed by atoms with van der Waals surface area (Å²) in [6.45, 7) is 2.29. The molecule has 6 nitrogen and oxygen atoms in total. The van der Waals surface area contributed by atoms with Crippen LogP contribution in [0.3, 0.4) is 0 Å². The maximum atomic E-state index is 12.4. The average molecular weight is 346 g/mol. The van der Waals surface area contributed by atoms with Crippen LogP contribution in [0.5, 0.6) is 0 Å². The molecule has 0 spiro atoms. The van der Waals surface area contributed by atoms with Crippen LogP contribution in [0.1, 0.15) is 31.8 Å². The lowest BCUT2D eigenvalue weighted by Crippen LogP contribution is -2.23. The van der Waals surface area contributed by atoms with E-state index in [1.54, 1.807) is 12.4 Å². The Hall–Kier alpha value is -3.54. The minimum Gasteiger partial charge on any atom is -0.348 e. The van der Waals surface area contributed by atoms with Crippen LogP contribution in [0.25, 0.3) is 0 Å². The van der Waals surface area contributed by atoms with Crippen molar-refractivity contribution in [1.29, 1.82) is 0 Å². The molecule has 3 rings (SSSR count). The maximum absolute atomic E-state index is 12.4. The quantitative estimate of drug-likeness (QED) is 0.744. The fraction of sp³-hybridized carbons (Fsp3) is 0.100. The van der Waals surface area contributed by atoms with Crippen LogP contribution in [0.4, 0.5) is 5.69 Å². The van der Waals surface area contributed by atoms with Gasteiger partial charge in [0, 0.05) is 37.0 Å². The predicted molar refractivity (Wildman–Crippen MR) is 98.8 cm³/mol. The number of para-hydroxylation sites is 1. The van der Waals surface area contributed by atoms with Crippen molar-refractivity contribution in [2.24, 2.45) is 0 Å². The van der Waals surface area contributed by atoms with E-state index in [1.165, 1.54) is 18.5 Å². The van der Waals surface area contributed by atoms with Crippen molar-refractivity contribution in [2.45, 2.75) is 13.5 Å². The van der Waals surface area contributed by atoms with Crippen molar-refractivity contribution in [3.63, 3.8) is 0 Å². The van der Waals surface area contributed by atoms with E-state index in [4.69, 9.17) is 0 Å². The Morgan fingerprint density at radius 3 is 2.35 bits per heavy atom. The van der Waals surface area contributed by atoms with Crippen LogP contribution in [0, 0.1) is 6.92 Å². The second-order valence-electron chi connectivity index (χ2n) is 5.77. The summed E-state index contributed by atoms with van der Waals surface area (Å²) in [7, 11) is 0. The zero-order valence-electron chi connectivity index (χ0n) is 14.3. The second-order valence-corrected chi connectivity index (χ2v) is 5.77. The van der Waals surface area contributed by atoms with Gasteiger partial charge in [0.15, 0.2) is 0 Å². The third-order valence-electron chi connectivity index (χ3n) is 3.86. The van der Waals surface area contributed by atoms with Crippen molar-refractivity contribution in [1.82, 2.24) is 15.3 Å². The van der Waals surface area contributed by atoms with E-state index in [0.717, 1.165) is 16.8 Å². The first kappa shape index (κ1) is 17.3. The Balaban J connectivity index is 1.68. The molecule has 0 aliphatic carbocycles. The van der Waals surface area contributed by atoms with Gasteiger partial charge in [0.25, 0.3) is 11.8 Å². The Labute approximate surface area is 151 Å². The van der Waals surface area contributed by atoms with E-state index >= 15 is 0 Å². The molecule has 0 saturated carbocycles. The minimum atomic E-state index is -0.310. The summed E-state index contributed by atoms with van der Waals surface area (Å²) in [5, 5.41) is 5.63. The zero-order chi connectivity index (χ0) is 18.4.